The van der Waals surface area contributed by atoms with Gasteiger partial charge in [0.1, 0.15) is 11.5 Å². The van der Waals surface area contributed by atoms with Crippen LogP contribution in [0.4, 0.5) is 0 Å². The van der Waals surface area contributed by atoms with Crippen molar-refractivity contribution in [2.75, 3.05) is 0 Å². The maximum atomic E-state index is 5.80. The zero-order valence-corrected chi connectivity index (χ0v) is 17.9. The average Bonchev–Trinajstić information content (AvgIpc) is 2.90. The summed E-state index contributed by atoms with van der Waals surface area (Å²) < 4.78 is 5.80. The topological polar surface area (TPSA) is 13.1 Å². The van der Waals surface area contributed by atoms with E-state index in [1.165, 1.54) is 52.7 Å². The average molecular weight is 363 g/mol. The van der Waals surface area contributed by atoms with Crippen LogP contribution in [0.2, 0.25) is 0 Å². The van der Waals surface area contributed by atoms with Gasteiger partial charge in [-0.15, -0.1) is 0 Å². The van der Waals surface area contributed by atoms with E-state index in [1.54, 1.807) is 5.56 Å². The van der Waals surface area contributed by atoms with E-state index in [-0.39, 0.29) is 0 Å². The maximum Gasteiger partial charge on any atom is 0.108 e. The normalized spacial score (nSPS) is 15.9. The van der Waals surface area contributed by atoms with E-state index in [0.29, 0.717) is 0 Å². The van der Waals surface area contributed by atoms with Crippen molar-refractivity contribution in [1.29, 1.82) is 0 Å². The summed E-state index contributed by atoms with van der Waals surface area (Å²) in [7, 11) is 0. The fourth-order valence-corrected chi connectivity index (χ4v) is 4.23. The predicted octanol–water partition coefficient (Wildman–Crippen LogP) is 8.07. The third-order valence-corrected chi connectivity index (χ3v) is 5.96. The van der Waals surface area contributed by atoms with Gasteiger partial charge in [0.25, 0.3) is 0 Å². The molecule has 1 heteroatoms. The minimum absolute atomic E-state index is 0.769. The molecule has 1 aliphatic rings. The summed E-state index contributed by atoms with van der Waals surface area (Å²) >= 11 is 0. The molecule has 1 aromatic carbocycles. The number of allylic oxidation sites excluding steroid dienone is 4. The smallest absolute Gasteiger partial charge is 0.108 e. The molecule has 0 amide bonds. The number of rotatable bonds is 6. The van der Waals surface area contributed by atoms with Gasteiger partial charge < -0.3 is 4.42 Å². The Labute approximate surface area is 165 Å². The van der Waals surface area contributed by atoms with Crippen molar-refractivity contribution in [2.24, 2.45) is 0 Å². The van der Waals surface area contributed by atoms with E-state index in [9.17, 15) is 0 Å². The van der Waals surface area contributed by atoms with Gasteiger partial charge in [0.2, 0.25) is 0 Å². The van der Waals surface area contributed by atoms with Crippen molar-refractivity contribution >= 4 is 11.1 Å². The number of unbranched alkanes of at least 4 members (excludes halogenated alkanes) is 1. The summed E-state index contributed by atoms with van der Waals surface area (Å²) in [4.78, 5) is 0. The Morgan fingerprint density at radius 3 is 2.33 bits per heavy atom. The van der Waals surface area contributed by atoms with Crippen molar-refractivity contribution in [3.8, 4) is 0 Å². The largest absolute Gasteiger partial charge is 0.466 e. The zero-order chi connectivity index (χ0) is 19.6. The van der Waals surface area contributed by atoms with Gasteiger partial charge in [0.05, 0.1) is 0 Å². The van der Waals surface area contributed by atoms with Crippen LogP contribution in [0, 0.1) is 27.7 Å². The molecule has 0 spiro atoms. The summed E-state index contributed by atoms with van der Waals surface area (Å²) in [5.41, 5.74) is 9.63. The van der Waals surface area contributed by atoms with Gasteiger partial charge in [-0.3, -0.25) is 0 Å². The molecule has 0 atom stereocenters. The highest BCUT2D eigenvalue weighted by Gasteiger charge is 2.22. The number of hydrogen-bond donors (Lipinski definition) is 0. The quantitative estimate of drug-likeness (QED) is 0.473. The molecule has 3 rings (SSSR count). The molecule has 0 saturated heterocycles. The van der Waals surface area contributed by atoms with Crippen molar-refractivity contribution in [1.82, 2.24) is 0 Å². The lowest BCUT2D eigenvalue weighted by molar-refractivity contribution is 0.418. The van der Waals surface area contributed by atoms with Crippen LogP contribution in [0.25, 0.3) is 11.1 Å². The first-order valence-electron chi connectivity index (χ1n) is 10.5. The molecule has 1 heterocycles. The van der Waals surface area contributed by atoms with Gasteiger partial charge in [-0.1, -0.05) is 44.1 Å². The minimum Gasteiger partial charge on any atom is -0.466 e. The number of furan rings is 1. The maximum absolute atomic E-state index is 5.80. The van der Waals surface area contributed by atoms with Crippen LogP contribution in [0.1, 0.15) is 91.2 Å². The first-order valence-corrected chi connectivity index (χ1v) is 10.5. The molecule has 1 saturated carbocycles. The van der Waals surface area contributed by atoms with E-state index in [1.807, 2.05) is 6.92 Å². The zero-order valence-electron chi connectivity index (χ0n) is 17.9. The Bertz CT molecular complexity index is 872. The van der Waals surface area contributed by atoms with Gasteiger partial charge in [-0.05, 0) is 99.3 Å². The minimum atomic E-state index is 0.769. The molecule has 0 aliphatic heterocycles. The fraction of sp³-hybridized carbons (Fsp3) is 0.462. The second-order valence-electron chi connectivity index (χ2n) is 8.25. The Morgan fingerprint density at radius 2 is 1.78 bits per heavy atom. The molecule has 0 unspecified atom stereocenters. The second kappa shape index (κ2) is 8.33. The molecule has 144 valence electrons. The van der Waals surface area contributed by atoms with Crippen LogP contribution in [-0.4, -0.2) is 0 Å². The van der Waals surface area contributed by atoms with Gasteiger partial charge >= 0.3 is 0 Å². The van der Waals surface area contributed by atoms with E-state index >= 15 is 0 Å². The third kappa shape index (κ3) is 4.29. The Morgan fingerprint density at radius 1 is 1.04 bits per heavy atom. The SMILES string of the molecule is CCC/C=C(/C=C(/C)c1cc(C2CCC2)c(C)cc1C)c1cc(C)oc1C. The summed E-state index contributed by atoms with van der Waals surface area (Å²) in [5, 5.41) is 0. The lowest BCUT2D eigenvalue weighted by Gasteiger charge is -2.28. The number of aryl methyl sites for hydroxylation is 4. The highest BCUT2D eigenvalue weighted by Crippen LogP contribution is 2.40. The molecule has 1 aromatic heterocycles. The van der Waals surface area contributed by atoms with Crippen LogP contribution in [-0.2, 0) is 0 Å². The lowest BCUT2D eigenvalue weighted by Crippen LogP contribution is -2.11. The standard InChI is InChI=1S/C26H34O/c1-7-8-10-23(26-15-20(5)27-21(26)6)14-19(4)24-16-25(22-11-9-12-22)18(3)13-17(24)2/h10,13-16,22H,7-9,11-12H2,1-6H3/b19-14-,23-10-. The molecule has 0 N–H and O–H groups in total. The predicted molar refractivity (Wildman–Crippen MR) is 117 cm³/mol. The summed E-state index contributed by atoms with van der Waals surface area (Å²) in [6, 6.07) is 7.01. The van der Waals surface area contributed by atoms with Crippen LogP contribution in [0.5, 0.6) is 0 Å². The van der Waals surface area contributed by atoms with Crippen LogP contribution in [0.3, 0.4) is 0 Å². The van der Waals surface area contributed by atoms with Crippen molar-refractivity contribution in [3.05, 3.63) is 69.7 Å². The van der Waals surface area contributed by atoms with Gasteiger partial charge in [-0.2, -0.15) is 0 Å². The Kier molecular flexibility index (Phi) is 6.09. The summed E-state index contributed by atoms with van der Waals surface area (Å²) in [5.74, 6) is 2.76. The van der Waals surface area contributed by atoms with E-state index in [2.05, 4.69) is 65.0 Å². The van der Waals surface area contributed by atoms with Crippen molar-refractivity contribution in [2.45, 2.75) is 79.6 Å². The highest BCUT2D eigenvalue weighted by atomic mass is 16.3. The van der Waals surface area contributed by atoms with Gasteiger partial charge in [0, 0.05) is 5.56 Å². The van der Waals surface area contributed by atoms with E-state index in [0.717, 1.165) is 30.3 Å². The number of benzene rings is 1. The van der Waals surface area contributed by atoms with Crippen molar-refractivity contribution < 1.29 is 4.42 Å². The molecule has 1 aliphatic carbocycles. The first kappa shape index (κ1) is 19.7. The summed E-state index contributed by atoms with van der Waals surface area (Å²) in [6.45, 7) is 13.1. The highest BCUT2D eigenvalue weighted by molar-refractivity contribution is 5.85. The van der Waals surface area contributed by atoms with Crippen LogP contribution < -0.4 is 0 Å². The van der Waals surface area contributed by atoms with Gasteiger partial charge in [0.15, 0.2) is 0 Å². The molecule has 1 fully saturated rings. The van der Waals surface area contributed by atoms with Crippen LogP contribution >= 0.6 is 0 Å². The molecular weight excluding hydrogens is 328 g/mol. The molecule has 2 aromatic rings. The molecule has 1 nitrogen and oxygen atoms in total. The summed E-state index contributed by atoms with van der Waals surface area (Å²) in [6.07, 6.45) is 11.0. The fourth-order valence-electron chi connectivity index (χ4n) is 4.23. The molecule has 0 bridgehead atoms. The molecule has 27 heavy (non-hydrogen) atoms. The van der Waals surface area contributed by atoms with E-state index in [4.69, 9.17) is 4.42 Å². The Balaban J connectivity index is 2.02. The van der Waals surface area contributed by atoms with Gasteiger partial charge in [-0.25, -0.2) is 0 Å². The monoisotopic (exact) mass is 362 g/mol. The molecule has 0 radical (unpaired) electrons. The number of hydrogen-bond acceptors (Lipinski definition) is 1. The van der Waals surface area contributed by atoms with Crippen molar-refractivity contribution in [3.63, 3.8) is 0 Å². The first-order chi connectivity index (χ1) is 12.9. The van der Waals surface area contributed by atoms with Crippen LogP contribution in [0.15, 0.2) is 34.8 Å². The third-order valence-electron chi connectivity index (χ3n) is 5.96. The lowest BCUT2D eigenvalue weighted by atomic mass is 9.77. The van der Waals surface area contributed by atoms with E-state index < -0.39 is 0 Å². The molecular formula is C26H34O. The Hall–Kier alpha value is -2.02. The second-order valence-corrected chi connectivity index (χ2v) is 8.25.